The molecule has 7 nitrogen and oxygen atoms in total. The van der Waals surface area contributed by atoms with E-state index in [4.69, 9.17) is 4.74 Å². The molecule has 13 heteroatoms. The molecule has 1 aliphatic heterocycles. The fourth-order valence-corrected chi connectivity index (χ4v) is 3.67. The SMILES string of the molecule is O=C(Cn1nc(C2CC2)cc(C(F)(F)F)c1=O)Nc1cc(C(F)(F)F)ccc1N1CCOCC1. The van der Waals surface area contributed by atoms with Crippen LogP contribution in [0.15, 0.2) is 29.1 Å². The lowest BCUT2D eigenvalue weighted by Gasteiger charge is -2.31. The summed E-state index contributed by atoms with van der Waals surface area (Å²) in [5.74, 6) is -1.21. The first-order valence-electron chi connectivity index (χ1n) is 10.5. The number of morpholine rings is 1. The van der Waals surface area contributed by atoms with Crippen LogP contribution < -0.4 is 15.8 Å². The number of benzene rings is 1. The molecular formula is C21H20F6N4O3. The van der Waals surface area contributed by atoms with Crippen LogP contribution in [0.1, 0.15) is 35.6 Å². The molecule has 0 atom stereocenters. The quantitative estimate of drug-likeness (QED) is 0.648. The number of hydrogen-bond donors (Lipinski definition) is 1. The Hall–Kier alpha value is -3.09. The Morgan fingerprint density at radius 2 is 1.74 bits per heavy atom. The van der Waals surface area contributed by atoms with E-state index in [0.717, 1.165) is 12.1 Å². The number of carbonyl (C=O) groups is 1. The Kier molecular flexibility index (Phi) is 6.32. The van der Waals surface area contributed by atoms with Gasteiger partial charge in [0.15, 0.2) is 0 Å². The van der Waals surface area contributed by atoms with Crippen LogP contribution in [0, 0.1) is 0 Å². The standard InChI is InChI=1S/C21H20F6N4O3/c22-20(23,24)13-3-4-17(30-5-7-34-8-6-30)16(9-13)28-18(32)11-31-19(33)14(21(25,26)27)10-15(29-31)12-1-2-12/h3-4,9-10,12H,1-2,5-8,11H2,(H,28,32). The average molecular weight is 490 g/mol. The minimum Gasteiger partial charge on any atom is -0.378 e. The number of halogens is 6. The van der Waals surface area contributed by atoms with Crippen LogP contribution in [0.3, 0.4) is 0 Å². The molecule has 4 rings (SSSR count). The van der Waals surface area contributed by atoms with Gasteiger partial charge in [0.2, 0.25) is 5.91 Å². The van der Waals surface area contributed by atoms with Gasteiger partial charge in [-0.15, -0.1) is 0 Å². The highest BCUT2D eigenvalue weighted by Crippen LogP contribution is 2.40. The van der Waals surface area contributed by atoms with Crippen molar-refractivity contribution in [1.29, 1.82) is 0 Å². The zero-order valence-corrected chi connectivity index (χ0v) is 17.7. The summed E-state index contributed by atoms with van der Waals surface area (Å²) in [5, 5.41) is 6.21. The number of carbonyl (C=O) groups excluding carboxylic acids is 1. The number of rotatable bonds is 5. The van der Waals surface area contributed by atoms with E-state index in [2.05, 4.69) is 10.4 Å². The number of nitrogens with zero attached hydrogens (tertiary/aromatic N) is 3. The maximum atomic E-state index is 13.3. The van der Waals surface area contributed by atoms with Crippen LogP contribution in [-0.4, -0.2) is 42.0 Å². The van der Waals surface area contributed by atoms with Gasteiger partial charge in [0.05, 0.1) is 35.8 Å². The molecule has 2 heterocycles. The van der Waals surface area contributed by atoms with Crippen molar-refractivity contribution in [3.8, 4) is 0 Å². The van der Waals surface area contributed by atoms with Gasteiger partial charge in [0, 0.05) is 19.0 Å². The first-order chi connectivity index (χ1) is 15.9. The molecular weight excluding hydrogens is 470 g/mol. The van der Waals surface area contributed by atoms with Crippen molar-refractivity contribution in [2.45, 2.75) is 37.7 Å². The summed E-state index contributed by atoms with van der Waals surface area (Å²) in [6.45, 7) is 0.520. The number of amides is 1. The molecule has 1 aromatic carbocycles. The summed E-state index contributed by atoms with van der Waals surface area (Å²) in [6.07, 6.45) is -8.39. The topological polar surface area (TPSA) is 76.5 Å². The lowest BCUT2D eigenvalue weighted by atomic mass is 10.1. The predicted octanol–water partition coefficient (Wildman–Crippen LogP) is 3.63. The summed E-state index contributed by atoms with van der Waals surface area (Å²) >= 11 is 0. The molecule has 0 bridgehead atoms. The van der Waals surface area contributed by atoms with Gasteiger partial charge in [0.1, 0.15) is 12.1 Å². The minimum atomic E-state index is -4.94. The van der Waals surface area contributed by atoms with Crippen molar-refractivity contribution in [2.24, 2.45) is 0 Å². The fraction of sp³-hybridized carbons (Fsp3) is 0.476. The van der Waals surface area contributed by atoms with E-state index in [0.29, 0.717) is 55.6 Å². The van der Waals surface area contributed by atoms with E-state index in [9.17, 15) is 35.9 Å². The first-order valence-corrected chi connectivity index (χ1v) is 10.5. The Morgan fingerprint density at radius 3 is 2.32 bits per heavy atom. The Labute approximate surface area is 189 Å². The van der Waals surface area contributed by atoms with Crippen molar-refractivity contribution >= 4 is 17.3 Å². The molecule has 1 N–H and O–H groups in total. The van der Waals surface area contributed by atoms with Gasteiger partial charge in [-0.3, -0.25) is 9.59 Å². The number of hydrogen-bond acceptors (Lipinski definition) is 5. The molecule has 1 aliphatic carbocycles. The van der Waals surface area contributed by atoms with Gasteiger partial charge in [-0.25, -0.2) is 4.68 Å². The highest BCUT2D eigenvalue weighted by atomic mass is 19.4. The van der Waals surface area contributed by atoms with Crippen molar-refractivity contribution in [1.82, 2.24) is 9.78 Å². The third-order valence-electron chi connectivity index (χ3n) is 5.54. The molecule has 2 aromatic rings. The van der Waals surface area contributed by atoms with Gasteiger partial charge < -0.3 is 15.0 Å². The van der Waals surface area contributed by atoms with Crippen LogP contribution >= 0.6 is 0 Å². The second kappa shape index (κ2) is 8.93. The average Bonchev–Trinajstić information content (AvgIpc) is 3.60. The molecule has 184 valence electrons. The maximum Gasteiger partial charge on any atom is 0.421 e. The molecule has 34 heavy (non-hydrogen) atoms. The Balaban J connectivity index is 1.64. The summed E-state index contributed by atoms with van der Waals surface area (Å²) < 4.78 is 85.4. The largest absolute Gasteiger partial charge is 0.421 e. The Bertz CT molecular complexity index is 1130. The number of alkyl halides is 6. The second-order valence-corrected chi connectivity index (χ2v) is 8.09. The van der Waals surface area contributed by atoms with Crippen molar-refractivity contribution < 1.29 is 35.9 Å². The van der Waals surface area contributed by atoms with Crippen LogP contribution in [0.25, 0.3) is 0 Å². The van der Waals surface area contributed by atoms with Crippen LogP contribution in [0.4, 0.5) is 37.7 Å². The number of anilines is 2. The molecule has 1 saturated carbocycles. The van der Waals surface area contributed by atoms with E-state index in [1.165, 1.54) is 6.07 Å². The third-order valence-corrected chi connectivity index (χ3v) is 5.54. The highest BCUT2D eigenvalue weighted by Gasteiger charge is 2.38. The predicted molar refractivity (Wildman–Crippen MR) is 109 cm³/mol. The molecule has 1 amide bonds. The van der Waals surface area contributed by atoms with Crippen LogP contribution in [0.2, 0.25) is 0 Å². The number of ether oxygens (including phenoxy) is 1. The normalized spacial score (nSPS) is 17.1. The monoisotopic (exact) mass is 490 g/mol. The summed E-state index contributed by atoms with van der Waals surface area (Å²) in [6, 6.07) is 3.53. The number of nitrogens with one attached hydrogen (secondary N) is 1. The smallest absolute Gasteiger partial charge is 0.378 e. The van der Waals surface area contributed by atoms with Crippen LogP contribution in [-0.2, 0) is 28.4 Å². The molecule has 0 spiro atoms. The van der Waals surface area contributed by atoms with Gasteiger partial charge in [-0.05, 0) is 37.1 Å². The Morgan fingerprint density at radius 1 is 1.06 bits per heavy atom. The van der Waals surface area contributed by atoms with E-state index >= 15 is 0 Å². The van der Waals surface area contributed by atoms with Gasteiger partial charge in [-0.1, -0.05) is 0 Å². The fourth-order valence-electron chi connectivity index (χ4n) is 3.67. The second-order valence-electron chi connectivity index (χ2n) is 8.09. The van der Waals surface area contributed by atoms with Crippen molar-refractivity contribution in [3.63, 3.8) is 0 Å². The third kappa shape index (κ3) is 5.34. The van der Waals surface area contributed by atoms with Crippen molar-refractivity contribution in [3.05, 3.63) is 51.4 Å². The summed E-state index contributed by atoms with van der Waals surface area (Å²) in [7, 11) is 0. The zero-order valence-electron chi connectivity index (χ0n) is 17.7. The lowest BCUT2D eigenvalue weighted by molar-refractivity contribution is -0.139. The van der Waals surface area contributed by atoms with E-state index in [1.807, 2.05) is 0 Å². The molecule has 1 saturated heterocycles. The number of aromatic nitrogens is 2. The highest BCUT2D eigenvalue weighted by molar-refractivity contribution is 5.94. The van der Waals surface area contributed by atoms with Gasteiger partial charge in [-0.2, -0.15) is 31.4 Å². The van der Waals surface area contributed by atoms with E-state index in [-0.39, 0.29) is 17.3 Å². The minimum absolute atomic E-state index is 0.0489. The van der Waals surface area contributed by atoms with E-state index in [1.54, 1.807) is 4.90 Å². The first kappa shape index (κ1) is 24.0. The maximum absolute atomic E-state index is 13.3. The summed E-state index contributed by atoms with van der Waals surface area (Å²) in [4.78, 5) is 26.7. The van der Waals surface area contributed by atoms with Crippen LogP contribution in [0.5, 0.6) is 0 Å². The molecule has 0 radical (unpaired) electrons. The molecule has 2 fully saturated rings. The summed E-state index contributed by atoms with van der Waals surface area (Å²) in [5.41, 5.74) is -3.77. The zero-order chi connectivity index (χ0) is 24.7. The molecule has 1 aromatic heterocycles. The van der Waals surface area contributed by atoms with Crippen molar-refractivity contribution in [2.75, 3.05) is 36.5 Å². The molecule has 0 unspecified atom stereocenters. The van der Waals surface area contributed by atoms with E-state index < -0.39 is 41.5 Å². The van der Waals surface area contributed by atoms with Gasteiger partial charge >= 0.3 is 12.4 Å². The lowest BCUT2D eigenvalue weighted by Crippen LogP contribution is -2.37. The van der Waals surface area contributed by atoms with Gasteiger partial charge in [0.25, 0.3) is 5.56 Å². The molecule has 2 aliphatic rings.